The van der Waals surface area contributed by atoms with Gasteiger partial charge >= 0.3 is 0 Å². The fourth-order valence-corrected chi connectivity index (χ4v) is 2.00. The third kappa shape index (κ3) is 4.16. The first-order valence-corrected chi connectivity index (χ1v) is 6.66. The molecule has 0 saturated heterocycles. The summed E-state index contributed by atoms with van der Waals surface area (Å²) in [6.07, 6.45) is 3.24. The second-order valence-corrected chi connectivity index (χ2v) is 4.83. The quantitative estimate of drug-likeness (QED) is 0.705. The van der Waals surface area contributed by atoms with Gasteiger partial charge in [-0.2, -0.15) is 0 Å². The zero-order valence-electron chi connectivity index (χ0n) is 11.5. The van der Waals surface area contributed by atoms with E-state index < -0.39 is 0 Å². The van der Waals surface area contributed by atoms with Crippen LogP contribution in [0.3, 0.4) is 0 Å². The molecule has 0 aliphatic heterocycles. The van der Waals surface area contributed by atoms with E-state index in [0.29, 0.717) is 18.4 Å². The van der Waals surface area contributed by atoms with Crippen LogP contribution in [0.15, 0.2) is 60.2 Å². The van der Waals surface area contributed by atoms with Crippen molar-refractivity contribution < 1.29 is 9.18 Å². The number of ketones is 1. The summed E-state index contributed by atoms with van der Waals surface area (Å²) < 4.78 is 12.8. The Morgan fingerprint density at radius 2 is 1.65 bits per heavy atom. The summed E-state index contributed by atoms with van der Waals surface area (Å²) in [7, 11) is 0. The van der Waals surface area contributed by atoms with Gasteiger partial charge in [-0.05, 0) is 43.2 Å². The summed E-state index contributed by atoms with van der Waals surface area (Å²) in [6.45, 7) is 2.02. The molecule has 20 heavy (non-hydrogen) atoms. The lowest BCUT2D eigenvalue weighted by atomic mass is 10.0. The summed E-state index contributed by atoms with van der Waals surface area (Å²) in [5.41, 5.74) is 2.87. The molecule has 0 bridgehead atoms. The molecule has 2 heteroatoms. The smallest absolute Gasteiger partial charge is 0.163 e. The van der Waals surface area contributed by atoms with Crippen LogP contribution in [-0.2, 0) is 0 Å². The van der Waals surface area contributed by atoms with Crippen molar-refractivity contribution in [3.05, 3.63) is 77.1 Å². The average molecular weight is 268 g/mol. The van der Waals surface area contributed by atoms with Crippen LogP contribution in [0.1, 0.15) is 35.7 Å². The second kappa shape index (κ2) is 6.80. The minimum absolute atomic E-state index is 0.0470. The minimum Gasteiger partial charge on any atom is -0.294 e. The summed E-state index contributed by atoms with van der Waals surface area (Å²) in [5, 5.41) is 0. The Labute approximate surface area is 118 Å². The molecule has 0 amide bonds. The Kier molecular flexibility index (Phi) is 4.83. The average Bonchev–Trinajstić information content (AvgIpc) is 2.46. The number of hydrogen-bond donors (Lipinski definition) is 0. The first kappa shape index (κ1) is 14.2. The highest BCUT2D eigenvalue weighted by Crippen LogP contribution is 2.14. The van der Waals surface area contributed by atoms with E-state index in [1.54, 1.807) is 0 Å². The van der Waals surface area contributed by atoms with Crippen molar-refractivity contribution in [3.63, 3.8) is 0 Å². The van der Waals surface area contributed by atoms with Gasteiger partial charge in [0.15, 0.2) is 5.78 Å². The Balaban J connectivity index is 1.93. The van der Waals surface area contributed by atoms with E-state index >= 15 is 0 Å². The van der Waals surface area contributed by atoms with Crippen LogP contribution in [0.4, 0.5) is 4.39 Å². The summed E-state index contributed by atoms with van der Waals surface area (Å²) in [5.74, 6) is -0.271. The highest BCUT2D eigenvalue weighted by molar-refractivity contribution is 5.96. The van der Waals surface area contributed by atoms with Crippen LogP contribution >= 0.6 is 0 Å². The predicted octanol–water partition coefficient (Wildman–Crippen LogP) is 4.89. The molecular weight excluding hydrogens is 251 g/mol. The maximum Gasteiger partial charge on any atom is 0.163 e. The number of allylic oxidation sites excluding steroid dienone is 1. The van der Waals surface area contributed by atoms with E-state index in [1.165, 1.54) is 24.3 Å². The van der Waals surface area contributed by atoms with Crippen molar-refractivity contribution in [2.45, 2.75) is 19.8 Å². The van der Waals surface area contributed by atoms with Crippen LogP contribution in [0.5, 0.6) is 0 Å². The molecule has 0 heterocycles. The predicted molar refractivity (Wildman–Crippen MR) is 80.1 cm³/mol. The zero-order chi connectivity index (χ0) is 14.4. The number of carbonyl (C=O) groups is 1. The SMILES string of the molecule is C/C(=C\c1ccccc1)CCC(=O)c1ccc(F)cc1. The molecule has 1 nitrogen and oxygen atoms in total. The molecule has 0 aliphatic carbocycles. The third-order valence-corrected chi connectivity index (χ3v) is 3.13. The Morgan fingerprint density at radius 3 is 2.30 bits per heavy atom. The van der Waals surface area contributed by atoms with Crippen LogP contribution in [0.2, 0.25) is 0 Å². The molecule has 0 saturated carbocycles. The number of rotatable bonds is 5. The molecule has 102 valence electrons. The molecule has 2 rings (SSSR count). The summed E-state index contributed by atoms with van der Waals surface area (Å²) in [6, 6.07) is 15.7. The van der Waals surface area contributed by atoms with E-state index in [4.69, 9.17) is 0 Å². The summed E-state index contributed by atoms with van der Waals surface area (Å²) >= 11 is 0. The van der Waals surface area contributed by atoms with Crippen molar-refractivity contribution >= 4 is 11.9 Å². The fraction of sp³-hybridized carbons (Fsp3) is 0.167. The van der Waals surface area contributed by atoms with E-state index in [0.717, 1.165) is 11.1 Å². The number of carbonyl (C=O) groups excluding carboxylic acids is 1. The lowest BCUT2D eigenvalue weighted by Crippen LogP contribution is -1.99. The number of benzene rings is 2. The molecule has 0 spiro atoms. The Morgan fingerprint density at radius 1 is 1.00 bits per heavy atom. The minimum atomic E-state index is -0.318. The van der Waals surface area contributed by atoms with Gasteiger partial charge in [-0.3, -0.25) is 4.79 Å². The van der Waals surface area contributed by atoms with Crippen molar-refractivity contribution in [3.8, 4) is 0 Å². The van der Waals surface area contributed by atoms with E-state index in [1.807, 2.05) is 37.3 Å². The van der Waals surface area contributed by atoms with Gasteiger partial charge < -0.3 is 0 Å². The molecular formula is C18H17FO. The normalized spacial score (nSPS) is 11.4. The second-order valence-electron chi connectivity index (χ2n) is 4.83. The highest BCUT2D eigenvalue weighted by atomic mass is 19.1. The standard InChI is InChI=1S/C18H17FO/c1-14(13-15-5-3-2-4-6-15)7-12-18(20)16-8-10-17(19)11-9-16/h2-6,8-11,13H,7,12H2,1H3/b14-13+. The van der Waals surface area contributed by atoms with Crippen LogP contribution in [-0.4, -0.2) is 5.78 Å². The van der Waals surface area contributed by atoms with Crippen LogP contribution in [0, 0.1) is 5.82 Å². The van der Waals surface area contributed by atoms with Crippen molar-refractivity contribution in [1.29, 1.82) is 0 Å². The number of halogens is 1. The molecule has 0 atom stereocenters. The topological polar surface area (TPSA) is 17.1 Å². The van der Waals surface area contributed by atoms with Gasteiger partial charge in [-0.1, -0.05) is 42.0 Å². The maximum atomic E-state index is 12.8. The Hall–Kier alpha value is -2.22. The van der Waals surface area contributed by atoms with Crippen LogP contribution in [0.25, 0.3) is 6.08 Å². The van der Waals surface area contributed by atoms with Crippen molar-refractivity contribution in [1.82, 2.24) is 0 Å². The van der Waals surface area contributed by atoms with Gasteiger partial charge in [-0.15, -0.1) is 0 Å². The van der Waals surface area contributed by atoms with Gasteiger partial charge in [-0.25, -0.2) is 4.39 Å². The highest BCUT2D eigenvalue weighted by Gasteiger charge is 2.06. The number of hydrogen-bond acceptors (Lipinski definition) is 1. The first-order chi connectivity index (χ1) is 9.65. The van der Waals surface area contributed by atoms with Gasteiger partial charge in [0.1, 0.15) is 5.82 Å². The van der Waals surface area contributed by atoms with Crippen molar-refractivity contribution in [2.75, 3.05) is 0 Å². The van der Waals surface area contributed by atoms with E-state index in [9.17, 15) is 9.18 Å². The molecule has 0 fully saturated rings. The monoisotopic (exact) mass is 268 g/mol. The Bertz CT molecular complexity index is 597. The van der Waals surface area contributed by atoms with Gasteiger partial charge in [0, 0.05) is 12.0 Å². The van der Waals surface area contributed by atoms with Gasteiger partial charge in [0.05, 0.1) is 0 Å². The van der Waals surface area contributed by atoms with Crippen LogP contribution < -0.4 is 0 Å². The van der Waals surface area contributed by atoms with Crippen molar-refractivity contribution in [2.24, 2.45) is 0 Å². The first-order valence-electron chi connectivity index (χ1n) is 6.66. The van der Waals surface area contributed by atoms with E-state index in [2.05, 4.69) is 6.08 Å². The lowest BCUT2D eigenvalue weighted by molar-refractivity contribution is 0.0983. The number of Topliss-reactive ketones (excluding diaryl/α,β-unsaturated/α-hetero) is 1. The zero-order valence-corrected chi connectivity index (χ0v) is 11.5. The molecule has 0 aliphatic rings. The molecule has 0 radical (unpaired) electrons. The fourth-order valence-electron chi connectivity index (χ4n) is 2.00. The largest absolute Gasteiger partial charge is 0.294 e. The molecule has 2 aromatic carbocycles. The van der Waals surface area contributed by atoms with Gasteiger partial charge in [0.2, 0.25) is 0 Å². The van der Waals surface area contributed by atoms with E-state index in [-0.39, 0.29) is 11.6 Å². The summed E-state index contributed by atoms with van der Waals surface area (Å²) in [4.78, 5) is 12.0. The maximum absolute atomic E-state index is 12.8. The van der Waals surface area contributed by atoms with Gasteiger partial charge in [0.25, 0.3) is 0 Å². The lowest BCUT2D eigenvalue weighted by Gasteiger charge is -2.02. The molecule has 0 N–H and O–H groups in total. The molecule has 2 aromatic rings. The third-order valence-electron chi connectivity index (χ3n) is 3.13. The molecule has 0 unspecified atom stereocenters. The molecule has 0 aromatic heterocycles.